The summed E-state index contributed by atoms with van der Waals surface area (Å²) in [6.45, 7) is 9.57. The molecule has 0 atom stereocenters. The van der Waals surface area contributed by atoms with Crippen molar-refractivity contribution in [2.24, 2.45) is 5.92 Å². The van der Waals surface area contributed by atoms with Gasteiger partial charge >= 0.3 is 6.09 Å². The Morgan fingerprint density at radius 1 is 1.35 bits per heavy atom. The van der Waals surface area contributed by atoms with Crippen LogP contribution in [0.25, 0.3) is 0 Å². The van der Waals surface area contributed by atoms with E-state index in [-0.39, 0.29) is 6.09 Å². The molecule has 1 heterocycles. The molecule has 20 heavy (non-hydrogen) atoms. The van der Waals surface area contributed by atoms with Crippen molar-refractivity contribution in [1.82, 2.24) is 10.2 Å². The first-order chi connectivity index (χ1) is 9.42. The van der Waals surface area contributed by atoms with Crippen LogP contribution in [-0.2, 0) is 4.74 Å². The number of nitrogens with one attached hydrogen (secondary N) is 1. The molecule has 1 rings (SSSR count). The third-order valence-electron chi connectivity index (χ3n) is 3.40. The van der Waals surface area contributed by atoms with Gasteiger partial charge in [-0.2, -0.15) is 11.8 Å². The van der Waals surface area contributed by atoms with E-state index in [1.165, 1.54) is 12.2 Å². The highest BCUT2D eigenvalue weighted by Gasteiger charge is 2.26. The monoisotopic (exact) mass is 302 g/mol. The number of thioether (sulfide) groups is 1. The first kappa shape index (κ1) is 17.6. The van der Waals surface area contributed by atoms with Gasteiger partial charge in [0.25, 0.3) is 0 Å². The third-order valence-corrected chi connectivity index (χ3v) is 4.10. The second kappa shape index (κ2) is 8.78. The lowest BCUT2D eigenvalue weighted by Crippen LogP contribution is -2.43. The van der Waals surface area contributed by atoms with Crippen LogP contribution in [0.5, 0.6) is 0 Å². The Morgan fingerprint density at radius 2 is 2.00 bits per heavy atom. The van der Waals surface area contributed by atoms with Gasteiger partial charge in [-0.05, 0) is 71.0 Å². The van der Waals surface area contributed by atoms with Crippen molar-refractivity contribution >= 4 is 17.9 Å². The number of amides is 1. The summed E-state index contributed by atoms with van der Waals surface area (Å²) in [6.07, 6.45) is 5.37. The molecule has 0 spiro atoms. The molecule has 0 radical (unpaired) electrons. The van der Waals surface area contributed by atoms with Crippen LogP contribution in [-0.4, -0.2) is 54.8 Å². The summed E-state index contributed by atoms with van der Waals surface area (Å²) in [5.41, 5.74) is -0.396. The quantitative estimate of drug-likeness (QED) is 0.766. The van der Waals surface area contributed by atoms with E-state index in [2.05, 4.69) is 11.6 Å². The van der Waals surface area contributed by atoms with E-state index in [9.17, 15) is 4.79 Å². The number of carbonyl (C=O) groups is 1. The molecule has 0 aromatic heterocycles. The Labute approximate surface area is 128 Å². The molecule has 1 aliphatic rings. The third kappa shape index (κ3) is 7.39. The zero-order valence-corrected chi connectivity index (χ0v) is 14.2. The molecule has 0 bridgehead atoms. The number of hydrogen-bond donors (Lipinski definition) is 1. The van der Waals surface area contributed by atoms with Crippen LogP contribution in [0.4, 0.5) is 4.79 Å². The van der Waals surface area contributed by atoms with Crippen LogP contribution in [0.3, 0.4) is 0 Å². The summed E-state index contributed by atoms with van der Waals surface area (Å²) in [4.78, 5) is 13.8. The van der Waals surface area contributed by atoms with Crippen LogP contribution in [0.15, 0.2) is 0 Å². The fraction of sp³-hybridized carbons (Fsp3) is 0.933. The second-order valence-corrected chi connectivity index (χ2v) is 7.45. The molecule has 1 amide bonds. The van der Waals surface area contributed by atoms with E-state index >= 15 is 0 Å². The molecule has 1 aliphatic heterocycles. The Morgan fingerprint density at radius 3 is 2.55 bits per heavy atom. The lowest BCUT2D eigenvalue weighted by atomic mass is 9.97. The average Bonchev–Trinajstić information content (AvgIpc) is 2.37. The predicted octanol–water partition coefficient (Wildman–Crippen LogP) is 2.98. The van der Waals surface area contributed by atoms with Gasteiger partial charge in [-0.15, -0.1) is 0 Å². The molecule has 5 heteroatoms. The highest BCUT2D eigenvalue weighted by molar-refractivity contribution is 7.98. The van der Waals surface area contributed by atoms with Crippen molar-refractivity contribution in [2.45, 2.75) is 45.6 Å². The Balaban J connectivity index is 2.15. The lowest BCUT2D eigenvalue weighted by Gasteiger charge is -2.33. The van der Waals surface area contributed by atoms with E-state index < -0.39 is 5.60 Å². The molecule has 0 aromatic rings. The normalized spacial score (nSPS) is 17.3. The number of carbonyl (C=O) groups excluding carboxylic acids is 1. The Hall–Kier alpha value is -0.420. The first-order valence-corrected chi connectivity index (χ1v) is 8.99. The van der Waals surface area contributed by atoms with Crippen LogP contribution in [0.1, 0.15) is 40.0 Å². The summed E-state index contributed by atoms with van der Waals surface area (Å²) in [5.74, 6) is 1.92. The van der Waals surface area contributed by atoms with Gasteiger partial charge < -0.3 is 15.0 Å². The molecular weight excluding hydrogens is 272 g/mol. The molecule has 0 saturated carbocycles. The lowest BCUT2D eigenvalue weighted by molar-refractivity contribution is 0.0184. The number of nitrogens with zero attached hydrogens (tertiary/aromatic N) is 1. The molecule has 0 aromatic carbocycles. The molecular formula is C15H30N2O2S. The Kier molecular flexibility index (Phi) is 7.74. The fourth-order valence-corrected chi connectivity index (χ4v) is 2.73. The Bertz CT molecular complexity index is 284. The highest BCUT2D eigenvalue weighted by Crippen LogP contribution is 2.19. The summed E-state index contributed by atoms with van der Waals surface area (Å²) < 4.78 is 5.41. The van der Waals surface area contributed by atoms with Gasteiger partial charge in [0, 0.05) is 13.1 Å². The largest absolute Gasteiger partial charge is 0.444 e. The molecule has 0 aliphatic carbocycles. The minimum atomic E-state index is -0.396. The molecule has 0 unspecified atom stereocenters. The summed E-state index contributed by atoms with van der Waals surface area (Å²) in [7, 11) is 0. The van der Waals surface area contributed by atoms with Crippen LogP contribution >= 0.6 is 11.8 Å². The molecule has 1 saturated heterocycles. The molecule has 4 nitrogen and oxygen atoms in total. The van der Waals surface area contributed by atoms with Gasteiger partial charge in [-0.25, -0.2) is 4.79 Å². The van der Waals surface area contributed by atoms with Gasteiger partial charge in [0.1, 0.15) is 5.60 Å². The van der Waals surface area contributed by atoms with Gasteiger partial charge in [0.2, 0.25) is 0 Å². The number of ether oxygens (including phenoxy) is 1. The highest BCUT2D eigenvalue weighted by atomic mass is 32.2. The summed E-state index contributed by atoms with van der Waals surface area (Å²) in [5, 5.41) is 3.52. The SMILES string of the molecule is CSCCCNCC1CCN(C(=O)OC(C)(C)C)CC1. The summed E-state index contributed by atoms with van der Waals surface area (Å²) >= 11 is 1.90. The van der Waals surface area contributed by atoms with Crippen molar-refractivity contribution in [3.05, 3.63) is 0 Å². The van der Waals surface area contributed by atoms with Crippen molar-refractivity contribution in [1.29, 1.82) is 0 Å². The van der Waals surface area contributed by atoms with Crippen LogP contribution < -0.4 is 5.32 Å². The molecule has 118 valence electrons. The van der Waals surface area contributed by atoms with Crippen LogP contribution in [0.2, 0.25) is 0 Å². The topological polar surface area (TPSA) is 41.6 Å². The maximum Gasteiger partial charge on any atom is 0.410 e. The first-order valence-electron chi connectivity index (χ1n) is 7.60. The van der Waals surface area contributed by atoms with E-state index in [1.54, 1.807) is 0 Å². The maximum absolute atomic E-state index is 11.9. The van der Waals surface area contributed by atoms with Crippen molar-refractivity contribution in [2.75, 3.05) is 38.2 Å². The van der Waals surface area contributed by atoms with E-state index in [4.69, 9.17) is 4.74 Å². The predicted molar refractivity (Wildman–Crippen MR) is 86.4 cm³/mol. The van der Waals surface area contributed by atoms with Gasteiger partial charge in [-0.1, -0.05) is 0 Å². The smallest absolute Gasteiger partial charge is 0.410 e. The number of likely N-dealkylation sites (tertiary alicyclic amines) is 1. The number of rotatable bonds is 6. The minimum Gasteiger partial charge on any atom is -0.444 e. The minimum absolute atomic E-state index is 0.163. The maximum atomic E-state index is 11.9. The zero-order valence-electron chi connectivity index (χ0n) is 13.4. The van der Waals surface area contributed by atoms with Crippen molar-refractivity contribution < 1.29 is 9.53 Å². The van der Waals surface area contributed by atoms with Gasteiger partial charge in [0.15, 0.2) is 0 Å². The molecule has 1 fully saturated rings. The average molecular weight is 302 g/mol. The van der Waals surface area contributed by atoms with E-state index in [0.29, 0.717) is 5.92 Å². The zero-order chi connectivity index (χ0) is 15.0. The number of piperidine rings is 1. The standard InChI is InChI=1S/C15H30N2O2S/c1-15(2,3)19-14(18)17-9-6-13(7-10-17)12-16-8-5-11-20-4/h13,16H,5-12H2,1-4H3. The van der Waals surface area contributed by atoms with Gasteiger partial charge in [0.05, 0.1) is 0 Å². The van der Waals surface area contributed by atoms with Crippen molar-refractivity contribution in [3.8, 4) is 0 Å². The summed E-state index contributed by atoms with van der Waals surface area (Å²) in [6, 6.07) is 0. The van der Waals surface area contributed by atoms with Crippen molar-refractivity contribution in [3.63, 3.8) is 0 Å². The fourth-order valence-electron chi connectivity index (χ4n) is 2.29. The second-order valence-electron chi connectivity index (χ2n) is 6.46. The van der Waals surface area contributed by atoms with Crippen LogP contribution in [0, 0.1) is 5.92 Å². The van der Waals surface area contributed by atoms with Gasteiger partial charge in [-0.3, -0.25) is 0 Å². The molecule has 1 N–H and O–H groups in total. The van der Waals surface area contributed by atoms with E-state index in [1.807, 2.05) is 37.4 Å². The van der Waals surface area contributed by atoms with E-state index in [0.717, 1.165) is 39.0 Å². The number of hydrogen-bond acceptors (Lipinski definition) is 4.